The third kappa shape index (κ3) is 2.92. The molecule has 0 spiro atoms. The van der Waals surface area contributed by atoms with Crippen LogP contribution in [0.3, 0.4) is 0 Å². The number of Topliss-reactive ketones (excluding diaryl/α,β-unsaturated/α-hetero) is 1. The molecule has 21 heavy (non-hydrogen) atoms. The number of carbonyl (C=O) groups excluding carboxylic acids is 1. The van der Waals surface area contributed by atoms with Crippen molar-refractivity contribution >= 4 is 39.8 Å². The van der Waals surface area contributed by atoms with Gasteiger partial charge in [0.1, 0.15) is 0 Å². The normalized spacial score (nSPS) is 10.8. The van der Waals surface area contributed by atoms with Crippen LogP contribution in [0.25, 0.3) is 10.8 Å². The van der Waals surface area contributed by atoms with Gasteiger partial charge in [0.15, 0.2) is 5.78 Å². The Kier molecular flexibility index (Phi) is 3.91. The van der Waals surface area contributed by atoms with Crippen molar-refractivity contribution in [3.05, 3.63) is 76.0 Å². The molecule has 0 atom stereocenters. The molecule has 1 heterocycles. The van der Waals surface area contributed by atoms with E-state index >= 15 is 0 Å². The van der Waals surface area contributed by atoms with E-state index in [9.17, 15) is 4.79 Å². The Labute approximate surface area is 132 Å². The number of halogens is 2. The molecule has 2 aromatic carbocycles. The average molecular weight is 316 g/mol. The summed E-state index contributed by atoms with van der Waals surface area (Å²) in [5, 5.41) is 2.92. The summed E-state index contributed by atoms with van der Waals surface area (Å²) < 4.78 is 0. The predicted molar refractivity (Wildman–Crippen MR) is 86.2 cm³/mol. The molecule has 0 saturated carbocycles. The van der Waals surface area contributed by atoms with Crippen molar-refractivity contribution in [2.24, 2.45) is 0 Å². The van der Waals surface area contributed by atoms with Crippen molar-refractivity contribution < 1.29 is 4.79 Å². The molecule has 3 aromatic rings. The average Bonchev–Trinajstić information content (AvgIpc) is 2.49. The minimum atomic E-state index is -0.0106. The molecule has 0 aliphatic carbocycles. The van der Waals surface area contributed by atoms with Gasteiger partial charge in [0.05, 0.1) is 0 Å². The molecule has 4 heteroatoms. The first-order valence-corrected chi connectivity index (χ1v) is 7.20. The topological polar surface area (TPSA) is 30.0 Å². The van der Waals surface area contributed by atoms with Gasteiger partial charge in [0.25, 0.3) is 0 Å². The third-order valence-electron chi connectivity index (χ3n) is 3.33. The van der Waals surface area contributed by atoms with E-state index in [0.717, 1.165) is 16.3 Å². The fourth-order valence-corrected chi connectivity index (χ4v) is 2.75. The van der Waals surface area contributed by atoms with Crippen LogP contribution < -0.4 is 0 Å². The second-order valence-electron chi connectivity index (χ2n) is 4.74. The van der Waals surface area contributed by atoms with Crippen LogP contribution in [0, 0.1) is 0 Å². The summed E-state index contributed by atoms with van der Waals surface area (Å²) >= 11 is 12.0. The summed E-state index contributed by atoms with van der Waals surface area (Å²) in [4.78, 5) is 16.7. The minimum absolute atomic E-state index is 0.0106. The molecule has 0 aliphatic heterocycles. The van der Waals surface area contributed by atoms with Crippen molar-refractivity contribution in [1.29, 1.82) is 0 Å². The number of ketones is 1. The predicted octanol–water partition coefficient (Wildman–Crippen LogP) is 4.97. The van der Waals surface area contributed by atoms with Crippen LogP contribution in [0.4, 0.5) is 0 Å². The van der Waals surface area contributed by atoms with Crippen LogP contribution in [0.1, 0.15) is 15.9 Å². The van der Waals surface area contributed by atoms with Crippen LogP contribution >= 0.6 is 23.2 Å². The van der Waals surface area contributed by atoms with Gasteiger partial charge in [-0.25, -0.2) is 0 Å². The standard InChI is InChI=1S/C17H11Cl2NO/c18-13-6-5-11(16(19)8-13)7-17(21)15-10-20-9-12-3-1-2-4-14(12)15/h1-6,8-10H,7H2. The Hall–Kier alpha value is -1.90. The van der Waals surface area contributed by atoms with Gasteiger partial charge < -0.3 is 0 Å². The number of aromatic nitrogens is 1. The maximum Gasteiger partial charge on any atom is 0.169 e. The van der Waals surface area contributed by atoms with Crippen LogP contribution in [-0.2, 0) is 6.42 Å². The maximum atomic E-state index is 12.5. The van der Waals surface area contributed by atoms with E-state index in [1.807, 2.05) is 24.3 Å². The quantitative estimate of drug-likeness (QED) is 0.639. The van der Waals surface area contributed by atoms with Gasteiger partial charge in [-0.1, -0.05) is 53.5 Å². The van der Waals surface area contributed by atoms with E-state index < -0.39 is 0 Å². The molecule has 0 N–H and O–H groups in total. The Balaban J connectivity index is 1.97. The molecule has 0 radical (unpaired) electrons. The van der Waals surface area contributed by atoms with E-state index in [0.29, 0.717) is 15.6 Å². The van der Waals surface area contributed by atoms with E-state index in [-0.39, 0.29) is 12.2 Å². The van der Waals surface area contributed by atoms with Gasteiger partial charge in [0.2, 0.25) is 0 Å². The maximum absolute atomic E-state index is 12.5. The lowest BCUT2D eigenvalue weighted by Crippen LogP contribution is -2.05. The van der Waals surface area contributed by atoms with Crippen molar-refractivity contribution in [1.82, 2.24) is 4.98 Å². The zero-order valence-electron chi connectivity index (χ0n) is 11.0. The Bertz CT molecular complexity index is 825. The molecule has 0 unspecified atom stereocenters. The Morgan fingerprint density at radius 2 is 1.86 bits per heavy atom. The van der Waals surface area contributed by atoms with Crippen LogP contribution in [-0.4, -0.2) is 10.8 Å². The molecule has 2 nitrogen and oxygen atoms in total. The zero-order chi connectivity index (χ0) is 14.8. The molecule has 1 aromatic heterocycles. The Morgan fingerprint density at radius 1 is 1.05 bits per heavy atom. The van der Waals surface area contributed by atoms with Crippen LogP contribution in [0.5, 0.6) is 0 Å². The number of benzene rings is 2. The zero-order valence-corrected chi connectivity index (χ0v) is 12.5. The second kappa shape index (κ2) is 5.84. The molecule has 0 saturated heterocycles. The fraction of sp³-hybridized carbons (Fsp3) is 0.0588. The molecular weight excluding hydrogens is 305 g/mol. The monoisotopic (exact) mass is 315 g/mol. The van der Waals surface area contributed by atoms with Crippen LogP contribution in [0.2, 0.25) is 10.0 Å². The van der Waals surface area contributed by atoms with E-state index in [1.54, 1.807) is 30.6 Å². The summed E-state index contributed by atoms with van der Waals surface area (Å²) in [5.74, 6) is -0.0106. The van der Waals surface area contributed by atoms with Crippen LogP contribution in [0.15, 0.2) is 54.9 Å². The molecule has 0 amide bonds. The van der Waals surface area contributed by atoms with Gasteiger partial charge in [0, 0.05) is 39.8 Å². The molecule has 0 fully saturated rings. The van der Waals surface area contributed by atoms with Gasteiger partial charge in [-0.3, -0.25) is 9.78 Å². The number of rotatable bonds is 3. The highest BCUT2D eigenvalue weighted by atomic mass is 35.5. The number of pyridine rings is 1. The first-order chi connectivity index (χ1) is 10.1. The highest BCUT2D eigenvalue weighted by Gasteiger charge is 2.13. The Morgan fingerprint density at radius 3 is 2.67 bits per heavy atom. The summed E-state index contributed by atoms with van der Waals surface area (Å²) in [7, 11) is 0. The van der Waals surface area contributed by atoms with E-state index in [2.05, 4.69) is 4.98 Å². The van der Waals surface area contributed by atoms with Gasteiger partial charge in [-0.2, -0.15) is 0 Å². The molecule has 104 valence electrons. The first kappa shape index (κ1) is 14.1. The summed E-state index contributed by atoms with van der Waals surface area (Å²) in [6, 6.07) is 12.9. The van der Waals surface area contributed by atoms with Gasteiger partial charge in [-0.05, 0) is 23.1 Å². The summed E-state index contributed by atoms with van der Waals surface area (Å²) in [6.07, 6.45) is 3.58. The fourth-order valence-electron chi connectivity index (χ4n) is 2.27. The SMILES string of the molecule is O=C(Cc1ccc(Cl)cc1Cl)c1cncc2ccccc12. The van der Waals surface area contributed by atoms with Crippen molar-refractivity contribution in [3.63, 3.8) is 0 Å². The third-order valence-corrected chi connectivity index (χ3v) is 3.92. The molecule has 0 aliphatic rings. The highest BCUT2D eigenvalue weighted by Crippen LogP contribution is 2.24. The lowest BCUT2D eigenvalue weighted by Gasteiger charge is -2.07. The number of hydrogen-bond donors (Lipinski definition) is 0. The number of hydrogen-bond acceptors (Lipinski definition) is 2. The summed E-state index contributed by atoms with van der Waals surface area (Å²) in [5.41, 5.74) is 1.37. The lowest BCUT2D eigenvalue weighted by atomic mass is 10.00. The van der Waals surface area contributed by atoms with Gasteiger partial charge in [-0.15, -0.1) is 0 Å². The van der Waals surface area contributed by atoms with Crippen molar-refractivity contribution in [2.75, 3.05) is 0 Å². The first-order valence-electron chi connectivity index (χ1n) is 6.45. The largest absolute Gasteiger partial charge is 0.294 e. The number of fused-ring (bicyclic) bond motifs is 1. The molecular formula is C17H11Cl2NO. The second-order valence-corrected chi connectivity index (χ2v) is 5.59. The van der Waals surface area contributed by atoms with E-state index in [4.69, 9.17) is 23.2 Å². The van der Waals surface area contributed by atoms with E-state index in [1.165, 1.54) is 0 Å². The van der Waals surface area contributed by atoms with Crippen molar-refractivity contribution in [3.8, 4) is 0 Å². The smallest absolute Gasteiger partial charge is 0.169 e. The van der Waals surface area contributed by atoms with Crippen molar-refractivity contribution in [2.45, 2.75) is 6.42 Å². The number of nitrogens with zero attached hydrogens (tertiary/aromatic N) is 1. The lowest BCUT2D eigenvalue weighted by molar-refractivity contribution is 0.0994. The number of carbonyl (C=O) groups is 1. The van der Waals surface area contributed by atoms with Gasteiger partial charge >= 0.3 is 0 Å². The summed E-state index contributed by atoms with van der Waals surface area (Å²) in [6.45, 7) is 0. The molecule has 3 rings (SSSR count). The molecule has 0 bridgehead atoms. The highest BCUT2D eigenvalue weighted by molar-refractivity contribution is 6.35. The minimum Gasteiger partial charge on any atom is -0.294 e.